The molecule has 154 valence electrons. The Morgan fingerprint density at radius 1 is 1.07 bits per heavy atom. The van der Waals surface area contributed by atoms with Crippen molar-refractivity contribution < 1.29 is 18.3 Å². The van der Waals surface area contributed by atoms with E-state index in [0.717, 1.165) is 12.3 Å². The van der Waals surface area contributed by atoms with Crippen molar-refractivity contribution in [3.8, 4) is 11.3 Å². The first-order valence-corrected chi connectivity index (χ1v) is 9.03. The molecule has 0 aliphatic carbocycles. The summed E-state index contributed by atoms with van der Waals surface area (Å²) >= 11 is 0. The van der Waals surface area contributed by atoms with Gasteiger partial charge in [-0.25, -0.2) is 22.8 Å². The highest BCUT2D eigenvalue weighted by atomic mass is 19.1. The van der Waals surface area contributed by atoms with Gasteiger partial charge in [-0.15, -0.1) is 0 Å². The molecule has 0 radical (unpaired) electrons. The summed E-state index contributed by atoms with van der Waals surface area (Å²) in [5, 5.41) is 19.8. The Morgan fingerprint density at radius 3 is 2.53 bits per heavy atom. The average Bonchev–Trinajstić information content (AvgIpc) is 3.40. The van der Waals surface area contributed by atoms with Crippen molar-refractivity contribution in [1.82, 2.24) is 29.5 Å². The second-order valence-electron chi connectivity index (χ2n) is 6.89. The molecule has 0 saturated carbocycles. The van der Waals surface area contributed by atoms with E-state index in [1.54, 1.807) is 13.1 Å². The van der Waals surface area contributed by atoms with Crippen molar-refractivity contribution in [1.29, 1.82) is 0 Å². The number of benzene rings is 1. The number of rotatable bonds is 6. The highest BCUT2D eigenvalue weighted by molar-refractivity contribution is 5.56. The van der Waals surface area contributed by atoms with Gasteiger partial charge in [-0.1, -0.05) is 6.07 Å². The maximum atomic E-state index is 14.6. The highest BCUT2D eigenvalue weighted by Gasteiger charge is 2.40. The van der Waals surface area contributed by atoms with Gasteiger partial charge in [-0.3, -0.25) is 9.67 Å². The first-order valence-electron chi connectivity index (χ1n) is 9.03. The van der Waals surface area contributed by atoms with E-state index in [0.29, 0.717) is 17.3 Å². The van der Waals surface area contributed by atoms with Crippen molar-refractivity contribution in [3.63, 3.8) is 0 Å². The Kier molecular flexibility index (Phi) is 5.08. The number of halogens is 3. The summed E-state index contributed by atoms with van der Waals surface area (Å²) in [6.45, 7) is 1.50. The molecule has 0 bridgehead atoms. The van der Waals surface area contributed by atoms with Crippen LogP contribution in [0.1, 0.15) is 18.5 Å². The van der Waals surface area contributed by atoms with Crippen LogP contribution in [0.3, 0.4) is 0 Å². The van der Waals surface area contributed by atoms with Gasteiger partial charge in [0.15, 0.2) is 0 Å². The second kappa shape index (κ2) is 7.71. The number of hydrogen-bond donors (Lipinski definition) is 1. The van der Waals surface area contributed by atoms with Crippen LogP contribution in [0.4, 0.5) is 13.2 Å². The monoisotopic (exact) mass is 414 g/mol. The number of aromatic nitrogens is 6. The predicted molar refractivity (Wildman–Crippen MR) is 100 cm³/mol. The molecule has 0 spiro atoms. The summed E-state index contributed by atoms with van der Waals surface area (Å²) in [5.41, 5.74) is -0.874. The normalized spacial score (nSPS) is 14.4. The standard InChI is InChI=1S/C20H17F3N6O/c1-13(29-9-14(7-26-29)19-5-3-16(22)8-25-19)20(30,10-28-12-24-11-27-28)17-4-2-15(21)6-18(17)23/h2-9,11-13,30H,10H2,1H3/t13-,20-/m1/s1. The SMILES string of the molecule is C[C@@H](n1cc(-c2ccc(F)cn2)cn1)[C@](O)(Cn1cncn1)c1ccc(F)cc1F. The highest BCUT2D eigenvalue weighted by Crippen LogP contribution is 2.37. The van der Waals surface area contributed by atoms with Crippen molar-refractivity contribution in [2.24, 2.45) is 0 Å². The smallest absolute Gasteiger partial charge is 0.141 e. The molecule has 0 aliphatic heterocycles. The van der Waals surface area contributed by atoms with Crippen LogP contribution in [0.5, 0.6) is 0 Å². The molecule has 1 N–H and O–H groups in total. The molecule has 3 heterocycles. The Morgan fingerprint density at radius 2 is 1.87 bits per heavy atom. The summed E-state index contributed by atoms with van der Waals surface area (Å²) in [7, 11) is 0. The van der Waals surface area contributed by atoms with Crippen LogP contribution in [0.2, 0.25) is 0 Å². The molecule has 0 unspecified atom stereocenters. The minimum absolute atomic E-state index is 0.108. The Hall–Kier alpha value is -3.53. The minimum Gasteiger partial charge on any atom is -0.381 e. The zero-order valence-corrected chi connectivity index (χ0v) is 15.8. The summed E-state index contributed by atoms with van der Waals surface area (Å²) < 4.78 is 44.0. The molecular formula is C20H17F3N6O. The molecular weight excluding hydrogens is 397 g/mol. The number of nitrogens with zero attached hydrogens (tertiary/aromatic N) is 6. The zero-order valence-electron chi connectivity index (χ0n) is 15.8. The first-order chi connectivity index (χ1) is 14.4. The quantitative estimate of drug-likeness (QED) is 0.524. The van der Waals surface area contributed by atoms with Crippen LogP contribution >= 0.6 is 0 Å². The van der Waals surface area contributed by atoms with E-state index < -0.39 is 29.1 Å². The predicted octanol–water partition coefficient (Wildman–Crippen LogP) is 3.10. The van der Waals surface area contributed by atoms with Gasteiger partial charge in [-0.05, 0) is 25.1 Å². The van der Waals surface area contributed by atoms with Gasteiger partial charge in [0, 0.05) is 23.4 Å². The van der Waals surface area contributed by atoms with E-state index in [2.05, 4.69) is 20.2 Å². The van der Waals surface area contributed by atoms with Gasteiger partial charge in [0.05, 0.1) is 30.7 Å². The van der Waals surface area contributed by atoms with Crippen LogP contribution in [0, 0.1) is 17.5 Å². The van der Waals surface area contributed by atoms with E-state index >= 15 is 0 Å². The summed E-state index contributed by atoms with van der Waals surface area (Å²) in [6.07, 6.45) is 6.88. The Labute approximate surface area is 169 Å². The van der Waals surface area contributed by atoms with Gasteiger partial charge in [0.1, 0.15) is 35.7 Å². The Balaban J connectivity index is 1.74. The first kappa shape index (κ1) is 19.8. The maximum absolute atomic E-state index is 14.6. The molecule has 7 nitrogen and oxygen atoms in total. The lowest BCUT2D eigenvalue weighted by Gasteiger charge is -2.34. The van der Waals surface area contributed by atoms with Crippen molar-refractivity contribution in [2.75, 3.05) is 0 Å². The molecule has 30 heavy (non-hydrogen) atoms. The third-order valence-electron chi connectivity index (χ3n) is 4.98. The minimum atomic E-state index is -1.84. The molecule has 1 aromatic carbocycles. The van der Waals surface area contributed by atoms with Crippen LogP contribution in [0.25, 0.3) is 11.3 Å². The molecule has 4 aromatic rings. The Bertz CT molecular complexity index is 1150. The summed E-state index contributed by atoms with van der Waals surface area (Å²) in [5.74, 6) is -2.11. The van der Waals surface area contributed by atoms with Crippen molar-refractivity contribution in [3.05, 3.63) is 84.6 Å². The summed E-state index contributed by atoms with van der Waals surface area (Å²) in [6, 6.07) is 4.97. The molecule has 0 amide bonds. The van der Waals surface area contributed by atoms with Crippen LogP contribution < -0.4 is 0 Å². The van der Waals surface area contributed by atoms with E-state index in [9.17, 15) is 18.3 Å². The van der Waals surface area contributed by atoms with Crippen LogP contribution in [-0.2, 0) is 12.1 Å². The number of pyridine rings is 1. The number of aliphatic hydroxyl groups is 1. The molecule has 3 aromatic heterocycles. The topological polar surface area (TPSA) is 81.6 Å². The second-order valence-corrected chi connectivity index (χ2v) is 6.89. The lowest BCUT2D eigenvalue weighted by Crippen LogP contribution is -2.40. The fraction of sp³-hybridized carbons (Fsp3) is 0.200. The van der Waals surface area contributed by atoms with E-state index in [1.807, 2.05) is 0 Å². The zero-order chi connectivity index (χ0) is 21.3. The molecule has 2 atom stereocenters. The van der Waals surface area contributed by atoms with Gasteiger partial charge < -0.3 is 5.11 Å². The van der Waals surface area contributed by atoms with Gasteiger partial charge in [0.25, 0.3) is 0 Å². The molecule has 4 rings (SSSR count). The van der Waals surface area contributed by atoms with Gasteiger partial charge in [0.2, 0.25) is 0 Å². The lowest BCUT2D eigenvalue weighted by atomic mass is 9.86. The third kappa shape index (κ3) is 3.69. The van der Waals surface area contributed by atoms with Crippen molar-refractivity contribution in [2.45, 2.75) is 25.1 Å². The summed E-state index contributed by atoms with van der Waals surface area (Å²) in [4.78, 5) is 7.86. The van der Waals surface area contributed by atoms with Crippen LogP contribution in [-0.4, -0.2) is 34.6 Å². The van der Waals surface area contributed by atoms with E-state index in [4.69, 9.17) is 0 Å². The molecule has 0 saturated heterocycles. The lowest BCUT2D eigenvalue weighted by molar-refractivity contribution is -0.0368. The van der Waals surface area contributed by atoms with Gasteiger partial charge in [-0.2, -0.15) is 10.2 Å². The van der Waals surface area contributed by atoms with Crippen LogP contribution in [0.15, 0.2) is 61.6 Å². The van der Waals surface area contributed by atoms with Gasteiger partial charge >= 0.3 is 0 Å². The molecule has 0 aliphatic rings. The fourth-order valence-corrected chi connectivity index (χ4v) is 3.29. The maximum Gasteiger partial charge on any atom is 0.141 e. The van der Waals surface area contributed by atoms with E-state index in [-0.39, 0.29) is 12.1 Å². The van der Waals surface area contributed by atoms with Crippen molar-refractivity contribution >= 4 is 0 Å². The fourth-order valence-electron chi connectivity index (χ4n) is 3.29. The third-order valence-corrected chi connectivity index (χ3v) is 4.98. The van der Waals surface area contributed by atoms with E-state index in [1.165, 1.54) is 46.4 Å². The number of hydrogen-bond acceptors (Lipinski definition) is 5. The largest absolute Gasteiger partial charge is 0.381 e. The molecule has 10 heteroatoms. The molecule has 0 fully saturated rings. The average molecular weight is 414 g/mol.